The summed E-state index contributed by atoms with van der Waals surface area (Å²) in [5.41, 5.74) is 4.95. The molecular formula is C14H26N4. The van der Waals surface area contributed by atoms with Gasteiger partial charge in [0.25, 0.3) is 0 Å². The molecule has 0 atom stereocenters. The van der Waals surface area contributed by atoms with Crippen molar-refractivity contribution in [3.8, 4) is 0 Å². The van der Waals surface area contributed by atoms with Crippen LogP contribution in [-0.4, -0.2) is 56.4 Å². The molecular weight excluding hydrogens is 224 g/mol. The number of nitrogens with zero attached hydrogens (tertiary/aromatic N) is 4. The number of benzene rings is 1. The van der Waals surface area contributed by atoms with Crippen LogP contribution in [0.25, 0.3) is 0 Å². The molecule has 0 saturated heterocycles. The van der Waals surface area contributed by atoms with Crippen molar-refractivity contribution in [2.75, 3.05) is 76.0 Å². The van der Waals surface area contributed by atoms with E-state index in [0.29, 0.717) is 0 Å². The zero-order chi connectivity index (χ0) is 14.0. The molecule has 0 amide bonds. The maximum atomic E-state index is 2.18. The van der Waals surface area contributed by atoms with Crippen molar-refractivity contribution in [3.05, 3.63) is 12.1 Å². The normalized spacial score (nSPS) is 10.2. The lowest BCUT2D eigenvalue weighted by molar-refractivity contribution is 1.03. The van der Waals surface area contributed by atoms with Gasteiger partial charge in [0, 0.05) is 56.4 Å². The first kappa shape index (κ1) is 14.5. The fourth-order valence-corrected chi connectivity index (χ4v) is 2.16. The van der Waals surface area contributed by atoms with Crippen LogP contribution < -0.4 is 19.6 Å². The predicted octanol–water partition coefficient (Wildman–Crippen LogP) is 1.95. The van der Waals surface area contributed by atoms with Crippen molar-refractivity contribution in [2.24, 2.45) is 0 Å². The standard InChI is InChI=1S/C14H26N4/c1-15(2)11-9-10-12(16(3)4)14(18(7)8)13(11)17(5)6/h9-10H,1-8H3. The van der Waals surface area contributed by atoms with Crippen molar-refractivity contribution < 1.29 is 0 Å². The topological polar surface area (TPSA) is 13.0 Å². The highest BCUT2D eigenvalue weighted by molar-refractivity contribution is 5.92. The molecule has 0 spiro atoms. The van der Waals surface area contributed by atoms with E-state index < -0.39 is 0 Å². The van der Waals surface area contributed by atoms with Gasteiger partial charge < -0.3 is 19.6 Å². The summed E-state index contributed by atoms with van der Waals surface area (Å²) in [7, 11) is 16.7. The Kier molecular flexibility index (Phi) is 4.33. The van der Waals surface area contributed by atoms with Crippen LogP contribution in [0.2, 0.25) is 0 Å². The van der Waals surface area contributed by atoms with Crippen LogP contribution in [-0.2, 0) is 0 Å². The first-order chi connectivity index (χ1) is 8.27. The first-order valence-corrected chi connectivity index (χ1v) is 6.13. The van der Waals surface area contributed by atoms with Crippen LogP contribution >= 0.6 is 0 Å². The second-order valence-electron chi connectivity index (χ2n) is 5.38. The zero-order valence-corrected chi connectivity index (χ0v) is 12.9. The Labute approximate surface area is 111 Å². The first-order valence-electron chi connectivity index (χ1n) is 6.13. The molecule has 4 nitrogen and oxygen atoms in total. The van der Waals surface area contributed by atoms with E-state index in [9.17, 15) is 0 Å². The van der Waals surface area contributed by atoms with Gasteiger partial charge in [-0.05, 0) is 12.1 Å². The van der Waals surface area contributed by atoms with Crippen LogP contribution in [0.5, 0.6) is 0 Å². The smallest absolute Gasteiger partial charge is 0.0857 e. The summed E-state index contributed by atoms with van der Waals surface area (Å²) in [4.78, 5) is 8.67. The molecule has 0 aliphatic heterocycles. The van der Waals surface area contributed by atoms with Crippen molar-refractivity contribution >= 4 is 22.7 Å². The van der Waals surface area contributed by atoms with Gasteiger partial charge in [0.2, 0.25) is 0 Å². The SMILES string of the molecule is CN(C)c1ccc(N(C)C)c(N(C)C)c1N(C)C. The van der Waals surface area contributed by atoms with E-state index in [1.54, 1.807) is 0 Å². The van der Waals surface area contributed by atoms with Gasteiger partial charge >= 0.3 is 0 Å². The molecule has 102 valence electrons. The minimum Gasteiger partial charge on any atom is -0.376 e. The molecule has 0 fully saturated rings. The summed E-state index contributed by atoms with van der Waals surface area (Å²) >= 11 is 0. The van der Waals surface area contributed by atoms with Gasteiger partial charge in [-0.15, -0.1) is 0 Å². The van der Waals surface area contributed by atoms with Crippen molar-refractivity contribution in [2.45, 2.75) is 0 Å². The third kappa shape index (κ3) is 2.63. The molecule has 18 heavy (non-hydrogen) atoms. The lowest BCUT2D eigenvalue weighted by atomic mass is 10.1. The molecule has 0 aromatic heterocycles. The monoisotopic (exact) mass is 250 g/mol. The van der Waals surface area contributed by atoms with Gasteiger partial charge in [0.1, 0.15) is 0 Å². The van der Waals surface area contributed by atoms with Crippen LogP contribution in [0.3, 0.4) is 0 Å². The largest absolute Gasteiger partial charge is 0.376 e. The fraction of sp³-hybridized carbons (Fsp3) is 0.571. The Morgan fingerprint density at radius 3 is 0.944 bits per heavy atom. The summed E-state index contributed by atoms with van der Waals surface area (Å²) in [6.45, 7) is 0. The Balaban J connectivity index is 3.60. The average molecular weight is 250 g/mol. The minimum atomic E-state index is 1.23. The zero-order valence-electron chi connectivity index (χ0n) is 12.9. The highest BCUT2D eigenvalue weighted by atomic mass is 15.2. The molecule has 0 bridgehead atoms. The maximum absolute atomic E-state index is 2.18. The van der Waals surface area contributed by atoms with Crippen LogP contribution in [0, 0.1) is 0 Å². The van der Waals surface area contributed by atoms with E-state index in [-0.39, 0.29) is 0 Å². The van der Waals surface area contributed by atoms with E-state index >= 15 is 0 Å². The molecule has 1 rings (SSSR count). The number of anilines is 4. The molecule has 0 aliphatic rings. The molecule has 0 N–H and O–H groups in total. The van der Waals surface area contributed by atoms with E-state index in [0.717, 1.165) is 0 Å². The number of hydrogen-bond acceptors (Lipinski definition) is 4. The van der Waals surface area contributed by atoms with Gasteiger partial charge in [-0.2, -0.15) is 0 Å². The number of rotatable bonds is 4. The molecule has 0 aliphatic carbocycles. The third-order valence-electron chi connectivity index (χ3n) is 2.97. The quantitative estimate of drug-likeness (QED) is 0.809. The second kappa shape index (κ2) is 5.38. The lowest BCUT2D eigenvalue weighted by Gasteiger charge is -2.32. The molecule has 4 heteroatoms. The molecule has 0 unspecified atom stereocenters. The van der Waals surface area contributed by atoms with Crippen LogP contribution in [0.4, 0.5) is 22.7 Å². The second-order valence-corrected chi connectivity index (χ2v) is 5.38. The van der Waals surface area contributed by atoms with Gasteiger partial charge in [-0.1, -0.05) is 0 Å². The van der Waals surface area contributed by atoms with Crippen molar-refractivity contribution in [1.29, 1.82) is 0 Å². The summed E-state index contributed by atoms with van der Waals surface area (Å²) < 4.78 is 0. The van der Waals surface area contributed by atoms with Crippen molar-refractivity contribution in [3.63, 3.8) is 0 Å². The molecule has 1 aromatic rings. The van der Waals surface area contributed by atoms with Gasteiger partial charge in [-0.25, -0.2) is 0 Å². The maximum Gasteiger partial charge on any atom is 0.0857 e. The van der Waals surface area contributed by atoms with Crippen molar-refractivity contribution in [1.82, 2.24) is 0 Å². The van der Waals surface area contributed by atoms with Gasteiger partial charge in [0.05, 0.1) is 22.7 Å². The predicted molar refractivity (Wildman–Crippen MR) is 83.8 cm³/mol. The van der Waals surface area contributed by atoms with Gasteiger partial charge in [-0.3, -0.25) is 0 Å². The van der Waals surface area contributed by atoms with Crippen LogP contribution in [0.1, 0.15) is 0 Å². The Morgan fingerprint density at radius 1 is 0.500 bits per heavy atom. The minimum absolute atomic E-state index is 1.23. The Morgan fingerprint density at radius 2 is 0.778 bits per heavy atom. The molecule has 0 saturated carbocycles. The van der Waals surface area contributed by atoms with E-state index in [1.165, 1.54) is 22.7 Å². The number of hydrogen-bond donors (Lipinski definition) is 0. The summed E-state index contributed by atoms with van der Waals surface area (Å²) in [5.74, 6) is 0. The van der Waals surface area contributed by atoms with E-state index in [1.807, 2.05) is 0 Å². The highest BCUT2D eigenvalue weighted by Gasteiger charge is 2.18. The summed E-state index contributed by atoms with van der Waals surface area (Å²) in [5, 5.41) is 0. The van der Waals surface area contributed by atoms with Crippen LogP contribution in [0.15, 0.2) is 12.1 Å². The van der Waals surface area contributed by atoms with Gasteiger partial charge in [0.15, 0.2) is 0 Å². The Hall–Kier alpha value is -1.58. The summed E-state index contributed by atoms with van der Waals surface area (Å²) in [6.07, 6.45) is 0. The lowest BCUT2D eigenvalue weighted by Crippen LogP contribution is -2.24. The Bertz CT molecular complexity index is 370. The molecule has 0 heterocycles. The molecule has 0 radical (unpaired) electrons. The fourth-order valence-electron chi connectivity index (χ4n) is 2.16. The van der Waals surface area contributed by atoms with E-state index in [4.69, 9.17) is 0 Å². The third-order valence-corrected chi connectivity index (χ3v) is 2.97. The highest BCUT2D eigenvalue weighted by Crippen LogP contribution is 2.42. The molecule has 1 aromatic carbocycles. The average Bonchev–Trinajstić information content (AvgIpc) is 2.26. The summed E-state index contributed by atoms with van der Waals surface area (Å²) in [6, 6.07) is 4.36. The van der Waals surface area contributed by atoms with E-state index in [2.05, 4.69) is 88.1 Å².